The lowest BCUT2D eigenvalue weighted by molar-refractivity contribution is -0.137. The Balaban J connectivity index is 1.59. The quantitative estimate of drug-likeness (QED) is 0.723. The van der Waals surface area contributed by atoms with E-state index in [1.54, 1.807) is 0 Å². The summed E-state index contributed by atoms with van der Waals surface area (Å²) in [5, 5.41) is 0. The molecule has 2 amide bonds. The number of nitrogens with zero attached hydrogens (tertiary/aromatic N) is 1. The lowest BCUT2D eigenvalue weighted by atomic mass is 9.85. The van der Waals surface area contributed by atoms with Gasteiger partial charge in [0, 0.05) is 12.0 Å². The maximum atomic E-state index is 12.8. The first kappa shape index (κ1) is 23.5. The number of amides is 2. The predicted molar refractivity (Wildman–Crippen MR) is 104 cm³/mol. The molecule has 7 nitrogen and oxygen atoms in total. The average molecular weight is 462 g/mol. The van der Waals surface area contributed by atoms with Crippen LogP contribution in [-0.4, -0.2) is 44.0 Å². The minimum absolute atomic E-state index is 0.0577. The largest absolute Gasteiger partial charge is 0.447 e. The number of nitrogens with one attached hydrogen (secondary N) is 1. The van der Waals surface area contributed by atoms with Crippen LogP contribution in [0.15, 0.2) is 29.2 Å². The fourth-order valence-corrected chi connectivity index (χ4v) is 5.25. The number of cyclic esters (lactones) is 1. The van der Waals surface area contributed by atoms with Gasteiger partial charge in [-0.05, 0) is 55.9 Å². The summed E-state index contributed by atoms with van der Waals surface area (Å²) in [5.41, 5.74) is -0.925. The minimum Gasteiger partial charge on any atom is -0.447 e. The van der Waals surface area contributed by atoms with Gasteiger partial charge < -0.3 is 4.74 Å². The van der Waals surface area contributed by atoms with Gasteiger partial charge >= 0.3 is 12.3 Å². The standard InChI is InChI=1S/C20H25F3N2O5S/c1-12(2)17-11-30-19(27)25(17)18(26)13-3-7-15(8-4-13)24-31(28,29)16-9-5-14(6-10-16)20(21,22)23/h5-6,9-10,12-13,15,17,24H,3-4,7-8,11H2,1-2H3/t13?,15?,17-/m1/s1. The molecule has 0 unspecified atom stereocenters. The van der Waals surface area contributed by atoms with Crippen LogP contribution in [-0.2, 0) is 25.7 Å². The van der Waals surface area contributed by atoms with Crippen LogP contribution in [0.2, 0.25) is 0 Å². The molecular weight excluding hydrogens is 437 g/mol. The molecule has 1 aromatic rings. The van der Waals surface area contributed by atoms with Gasteiger partial charge in [-0.1, -0.05) is 13.8 Å². The van der Waals surface area contributed by atoms with Gasteiger partial charge in [0.25, 0.3) is 0 Å². The lowest BCUT2D eigenvalue weighted by Crippen LogP contribution is -2.47. The maximum Gasteiger partial charge on any atom is 0.416 e. The second-order valence-corrected chi connectivity index (χ2v) is 10.0. The fraction of sp³-hybridized carbons (Fsp3) is 0.600. The van der Waals surface area contributed by atoms with Crippen LogP contribution in [0.1, 0.15) is 45.1 Å². The van der Waals surface area contributed by atoms with Crippen LogP contribution in [0.25, 0.3) is 0 Å². The van der Waals surface area contributed by atoms with Crippen LogP contribution in [0, 0.1) is 11.8 Å². The molecule has 31 heavy (non-hydrogen) atoms. The van der Waals surface area contributed by atoms with E-state index in [1.807, 2.05) is 13.8 Å². The van der Waals surface area contributed by atoms with Crippen molar-refractivity contribution in [3.8, 4) is 0 Å². The highest BCUT2D eigenvalue weighted by Gasteiger charge is 2.43. The number of benzene rings is 1. The molecule has 1 saturated carbocycles. The average Bonchev–Trinajstić information content (AvgIpc) is 3.09. The van der Waals surface area contributed by atoms with Crippen molar-refractivity contribution >= 4 is 22.0 Å². The number of hydrogen-bond acceptors (Lipinski definition) is 5. The van der Waals surface area contributed by atoms with E-state index in [9.17, 15) is 31.2 Å². The summed E-state index contributed by atoms with van der Waals surface area (Å²) in [4.78, 5) is 25.8. The third kappa shape index (κ3) is 5.20. The van der Waals surface area contributed by atoms with Gasteiger partial charge in [-0.3, -0.25) is 4.79 Å². The zero-order chi connectivity index (χ0) is 23.0. The van der Waals surface area contributed by atoms with Crippen LogP contribution in [0.4, 0.5) is 18.0 Å². The molecule has 1 aliphatic heterocycles. The second kappa shape index (κ2) is 8.78. The predicted octanol–water partition coefficient (Wildman–Crippen LogP) is 3.55. The van der Waals surface area contributed by atoms with Gasteiger partial charge in [0.2, 0.25) is 15.9 Å². The summed E-state index contributed by atoms with van der Waals surface area (Å²) in [7, 11) is -3.99. The summed E-state index contributed by atoms with van der Waals surface area (Å²) in [6, 6.07) is 2.55. The van der Waals surface area contributed by atoms with Gasteiger partial charge in [0.05, 0.1) is 16.5 Å². The van der Waals surface area contributed by atoms with Crippen LogP contribution >= 0.6 is 0 Å². The highest BCUT2D eigenvalue weighted by molar-refractivity contribution is 7.89. The van der Waals surface area contributed by atoms with E-state index < -0.39 is 39.8 Å². The smallest absolute Gasteiger partial charge is 0.416 e. The molecule has 2 fully saturated rings. The van der Waals surface area contributed by atoms with Crippen molar-refractivity contribution in [2.75, 3.05) is 6.61 Å². The highest BCUT2D eigenvalue weighted by atomic mass is 32.2. The van der Waals surface area contributed by atoms with Crippen molar-refractivity contribution in [3.63, 3.8) is 0 Å². The Morgan fingerprint density at radius 2 is 1.71 bits per heavy atom. The topological polar surface area (TPSA) is 92.8 Å². The van der Waals surface area contributed by atoms with Crippen LogP contribution < -0.4 is 4.72 Å². The van der Waals surface area contributed by atoms with Gasteiger partial charge in [0.1, 0.15) is 6.61 Å². The number of alkyl halides is 3. The zero-order valence-electron chi connectivity index (χ0n) is 17.2. The number of halogens is 3. The first-order valence-electron chi connectivity index (χ1n) is 10.1. The van der Waals surface area contributed by atoms with Crippen molar-refractivity contribution in [2.45, 2.75) is 62.7 Å². The summed E-state index contributed by atoms with van der Waals surface area (Å²) >= 11 is 0. The molecule has 0 radical (unpaired) electrons. The number of carbonyl (C=O) groups excluding carboxylic acids is 2. The SMILES string of the molecule is CC(C)[C@H]1COC(=O)N1C(=O)C1CCC(NS(=O)(=O)c2ccc(C(F)(F)F)cc2)CC1. The first-order chi connectivity index (χ1) is 14.4. The summed E-state index contributed by atoms with van der Waals surface area (Å²) in [5.74, 6) is -0.647. The monoisotopic (exact) mass is 462 g/mol. The van der Waals surface area contributed by atoms with E-state index in [0.29, 0.717) is 25.7 Å². The van der Waals surface area contributed by atoms with E-state index in [4.69, 9.17) is 4.74 Å². The Kier molecular flexibility index (Phi) is 6.66. The van der Waals surface area contributed by atoms with E-state index in [2.05, 4.69) is 4.72 Å². The Labute approximate surface area is 179 Å². The van der Waals surface area contributed by atoms with Crippen molar-refractivity contribution in [1.82, 2.24) is 9.62 Å². The Morgan fingerprint density at radius 3 is 2.23 bits per heavy atom. The molecule has 0 aromatic heterocycles. The fourth-order valence-electron chi connectivity index (χ4n) is 3.95. The van der Waals surface area contributed by atoms with E-state index >= 15 is 0 Å². The first-order valence-corrected chi connectivity index (χ1v) is 11.6. The Morgan fingerprint density at radius 1 is 1.13 bits per heavy atom. The van der Waals surface area contributed by atoms with Gasteiger partial charge in [-0.15, -0.1) is 0 Å². The number of imide groups is 1. The molecule has 172 valence electrons. The molecule has 0 spiro atoms. The van der Waals surface area contributed by atoms with Crippen molar-refractivity contribution in [1.29, 1.82) is 0 Å². The van der Waals surface area contributed by atoms with Crippen LogP contribution in [0.5, 0.6) is 0 Å². The zero-order valence-corrected chi connectivity index (χ0v) is 18.0. The third-order valence-electron chi connectivity index (χ3n) is 5.80. The number of sulfonamides is 1. The van der Waals surface area contributed by atoms with Crippen LogP contribution in [0.3, 0.4) is 0 Å². The summed E-state index contributed by atoms with van der Waals surface area (Å²) in [6.45, 7) is 3.98. The highest BCUT2D eigenvalue weighted by Crippen LogP contribution is 2.32. The summed E-state index contributed by atoms with van der Waals surface area (Å²) < 4.78 is 70.6. The molecule has 1 atom stereocenters. The van der Waals surface area contributed by atoms with E-state index in [0.717, 1.165) is 24.3 Å². The van der Waals surface area contributed by atoms with Gasteiger partial charge in [0.15, 0.2) is 0 Å². The molecule has 1 N–H and O–H groups in total. The van der Waals surface area contributed by atoms with E-state index in [-0.39, 0.29) is 29.4 Å². The number of hydrogen-bond donors (Lipinski definition) is 1. The Bertz CT molecular complexity index is 923. The number of rotatable bonds is 5. The third-order valence-corrected chi connectivity index (χ3v) is 7.34. The van der Waals surface area contributed by atoms with Crippen molar-refractivity contribution in [3.05, 3.63) is 29.8 Å². The molecule has 1 heterocycles. The molecule has 1 saturated heterocycles. The second-order valence-electron chi connectivity index (χ2n) is 8.29. The van der Waals surface area contributed by atoms with Crippen molar-refractivity contribution < 1.29 is 35.9 Å². The van der Waals surface area contributed by atoms with E-state index in [1.165, 1.54) is 4.90 Å². The minimum atomic E-state index is -4.54. The molecule has 11 heteroatoms. The van der Waals surface area contributed by atoms with Gasteiger partial charge in [-0.25, -0.2) is 22.8 Å². The molecule has 1 aromatic carbocycles. The maximum absolute atomic E-state index is 12.8. The number of ether oxygens (including phenoxy) is 1. The molecule has 2 aliphatic rings. The molecular formula is C20H25F3N2O5S. The number of carbonyl (C=O) groups is 2. The summed E-state index contributed by atoms with van der Waals surface area (Å²) in [6.07, 6.45) is -3.64. The van der Waals surface area contributed by atoms with Gasteiger partial charge in [-0.2, -0.15) is 13.2 Å². The molecule has 0 bridgehead atoms. The lowest BCUT2D eigenvalue weighted by Gasteiger charge is -2.31. The molecule has 1 aliphatic carbocycles. The van der Waals surface area contributed by atoms with Crippen molar-refractivity contribution in [2.24, 2.45) is 11.8 Å². The Hall–Kier alpha value is -2.14. The molecule has 3 rings (SSSR count). The normalized spacial score (nSPS) is 25.0.